The van der Waals surface area contributed by atoms with Gasteiger partial charge in [-0.3, -0.25) is 0 Å². The normalized spacial score (nSPS) is 11.5. The third-order valence-electron chi connectivity index (χ3n) is 2.18. The number of nitrogens with one attached hydrogen (secondary N) is 2. The maximum absolute atomic E-state index is 11.3. The van der Waals surface area contributed by atoms with Crippen LogP contribution in [0.5, 0.6) is 0 Å². The van der Waals surface area contributed by atoms with Crippen molar-refractivity contribution < 1.29 is 8.42 Å². The predicted octanol–water partition coefficient (Wildman–Crippen LogP) is -0.933. The first-order valence-corrected chi connectivity index (χ1v) is 7.45. The van der Waals surface area contributed by atoms with Gasteiger partial charge in [0.05, 0.1) is 5.75 Å². The van der Waals surface area contributed by atoms with Gasteiger partial charge < -0.3 is 5.32 Å². The molecular weight excluding hydrogens is 308 g/mol. The third kappa shape index (κ3) is 3.82. The second kappa shape index (κ2) is 6.07. The molecule has 0 aliphatic carbocycles. The molecule has 0 aliphatic rings. The van der Waals surface area contributed by atoms with Crippen LogP contribution in [0.2, 0.25) is 5.28 Å². The highest BCUT2D eigenvalue weighted by Gasteiger charge is 2.09. The van der Waals surface area contributed by atoms with Crippen molar-refractivity contribution in [3.05, 3.63) is 17.9 Å². The summed E-state index contributed by atoms with van der Waals surface area (Å²) >= 11 is 5.77. The summed E-state index contributed by atoms with van der Waals surface area (Å²) in [6.45, 7) is 0.125. The number of aromatic nitrogens is 6. The first-order valence-electron chi connectivity index (χ1n) is 5.42. The van der Waals surface area contributed by atoms with Gasteiger partial charge in [-0.15, -0.1) is 0 Å². The summed E-state index contributed by atoms with van der Waals surface area (Å²) in [6.07, 6.45) is 2.73. The lowest BCUT2D eigenvalue weighted by Gasteiger charge is -2.06. The fourth-order valence-electron chi connectivity index (χ4n) is 1.23. The van der Waals surface area contributed by atoms with Gasteiger partial charge in [-0.1, -0.05) is 0 Å². The van der Waals surface area contributed by atoms with E-state index in [4.69, 9.17) is 11.6 Å². The monoisotopic (exact) mass is 318 g/mol. The molecule has 2 heterocycles. The lowest BCUT2D eigenvalue weighted by atomic mass is 10.7. The average Bonchev–Trinajstić information content (AvgIpc) is 2.92. The number of rotatable bonds is 6. The van der Waals surface area contributed by atoms with Crippen LogP contribution in [-0.4, -0.2) is 57.5 Å². The summed E-state index contributed by atoms with van der Waals surface area (Å²) in [6, 6.07) is 0. The van der Waals surface area contributed by atoms with Crippen LogP contribution in [0.25, 0.3) is 5.95 Å². The van der Waals surface area contributed by atoms with Crippen molar-refractivity contribution in [3.8, 4) is 5.95 Å². The van der Waals surface area contributed by atoms with E-state index in [9.17, 15) is 8.42 Å². The van der Waals surface area contributed by atoms with Crippen molar-refractivity contribution in [3.63, 3.8) is 0 Å². The second-order valence-electron chi connectivity index (χ2n) is 3.52. The van der Waals surface area contributed by atoms with Crippen molar-refractivity contribution in [2.75, 3.05) is 24.7 Å². The number of anilines is 1. The Morgan fingerprint density at radius 3 is 2.80 bits per heavy atom. The average molecular weight is 319 g/mol. The van der Waals surface area contributed by atoms with E-state index in [-0.39, 0.29) is 29.5 Å². The van der Waals surface area contributed by atoms with E-state index in [1.165, 1.54) is 24.4 Å². The molecule has 2 rings (SSSR count). The molecule has 0 spiro atoms. The zero-order valence-corrected chi connectivity index (χ0v) is 11.9. The molecule has 2 aromatic heterocycles. The number of hydrogen-bond acceptors (Lipinski definition) is 8. The van der Waals surface area contributed by atoms with Gasteiger partial charge in [0, 0.05) is 6.54 Å². The number of hydrogen-bond donors (Lipinski definition) is 2. The molecule has 0 amide bonds. The minimum Gasteiger partial charge on any atom is -0.353 e. The molecular formula is C8H11ClN8O2S. The SMILES string of the molecule is CNS(=O)(=O)CCNc1nc(Cl)nc(-n2cncn2)n1. The molecule has 0 aliphatic heterocycles. The Bertz CT molecular complexity index is 674. The molecule has 2 N–H and O–H groups in total. The molecule has 2 aromatic rings. The zero-order valence-electron chi connectivity index (χ0n) is 10.4. The number of sulfonamides is 1. The standard InChI is InChI=1S/C8H11ClN8O2S/c1-10-20(18,19)3-2-12-7-14-6(9)15-8(16-7)17-5-11-4-13-17/h4-5,10H,2-3H2,1H3,(H,12,14,15,16). The van der Waals surface area contributed by atoms with Gasteiger partial charge in [0.1, 0.15) is 12.7 Å². The molecule has 20 heavy (non-hydrogen) atoms. The first-order chi connectivity index (χ1) is 9.50. The van der Waals surface area contributed by atoms with Crippen LogP contribution in [0.15, 0.2) is 12.7 Å². The highest BCUT2D eigenvalue weighted by Crippen LogP contribution is 2.08. The lowest BCUT2D eigenvalue weighted by Crippen LogP contribution is -2.26. The number of nitrogens with zero attached hydrogens (tertiary/aromatic N) is 6. The van der Waals surface area contributed by atoms with Crippen LogP contribution in [-0.2, 0) is 10.0 Å². The van der Waals surface area contributed by atoms with Crippen molar-refractivity contribution in [2.24, 2.45) is 0 Å². The van der Waals surface area contributed by atoms with Crippen LogP contribution in [0.1, 0.15) is 0 Å². The smallest absolute Gasteiger partial charge is 0.258 e. The maximum atomic E-state index is 11.3. The summed E-state index contributed by atoms with van der Waals surface area (Å²) in [7, 11) is -1.95. The number of halogens is 1. The lowest BCUT2D eigenvalue weighted by molar-refractivity contribution is 0.588. The third-order valence-corrected chi connectivity index (χ3v) is 3.72. The topological polar surface area (TPSA) is 128 Å². The summed E-state index contributed by atoms with van der Waals surface area (Å²) < 4.78 is 26.0. The van der Waals surface area contributed by atoms with Crippen molar-refractivity contribution in [1.29, 1.82) is 0 Å². The molecule has 0 saturated carbocycles. The van der Waals surface area contributed by atoms with Crippen molar-refractivity contribution in [2.45, 2.75) is 0 Å². The van der Waals surface area contributed by atoms with Crippen LogP contribution >= 0.6 is 11.6 Å². The van der Waals surface area contributed by atoms with E-state index in [1.54, 1.807) is 0 Å². The molecule has 108 valence electrons. The van der Waals surface area contributed by atoms with Gasteiger partial charge >= 0.3 is 0 Å². The van der Waals surface area contributed by atoms with E-state index in [0.717, 1.165) is 0 Å². The Morgan fingerprint density at radius 2 is 2.15 bits per heavy atom. The largest absolute Gasteiger partial charge is 0.353 e. The van der Waals surface area contributed by atoms with Gasteiger partial charge in [0.2, 0.25) is 21.3 Å². The van der Waals surface area contributed by atoms with Gasteiger partial charge in [-0.25, -0.2) is 18.1 Å². The first kappa shape index (κ1) is 14.6. The molecule has 0 saturated heterocycles. The van der Waals surface area contributed by atoms with Crippen LogP contribution in [0.4, 0.5) is 5.95 Å². The fourth-order valence-corrected chi connectivity index (χ4v) is 1.96. The van der Waals surface area contributed by atoms with E-state index in [2.05, 4.69) is 35.1 Å². The van der Waals surface area contributed by atoms with Crippen LogP contribution < -0.4 is 10.0 Å². The molecule has 0 bridgehead atoms. The van der Waals surface area contributed by atoms with E-state index in [0.29, 0.717) is 0 Å². The quantitative estimate of drug-likeness (QED) is 0.699. The Kier molecular flexibility index (Phi) is 4.42. The Morgan fingerprint density at radius 1 is 1.35 bits per heavy atom. The van der Waals surface area contributed by atoms with Crippen LogP contribution in [0.3, 0.4) is 0 Å². The molecule has 0 atom stereocenters. The highest BCUT2D eigenvalue weighted by molar-refractivity contribution is 7.89. The summed E-state index contributed by atoms with van der Waals surface area (Å²) in [5, 5.41) is 6.58. The van der Waals surface area contributed by atoms with Crippen LogP contribution in [0, 0.1) is 0 Å². The summed E-state index contributed by atoms with van der Waals surface area (Å²) in [5.41, 5.74) is 0. The summed E-state index contributed by atoms with van der Waals surface area (Å²) in [5.74, 6) is 0.217. The predicted molar refractivity (Wildman–Crippen MR) is 71.1 cm³/mol. The van der Waals surface area contributed by atoms with Crippen molar-refractivity contribution >= 4 is 27.6 Å². The minimum absolute atomic E-state index is 0.0375. The molecule has 12 heteroatoms. The summed E-state index contributed by atoms with van der Waals surface area (Å²) in [4.78, 5) is 15.5. The molecule has 0 fully saturated rings. The minimum atomic E-state index is -3.30. The molecule has 10 nitrogen and oxygen atoms in total. The zero-order chi connectivity index (χ0) is 14.6. The Balaban J connectivity index is 2.09. The molecule has 0 radical (unpaired) electrons. The van der Waals surface area contributed by atoms with E-state index in [1.807, 2.05) is 0 Å². The van der Waals surface area contributed by atoms with Crippen molar-refractivity contribution in [1.82, 2.24) is 34.4 Å². The van der Waals surface area contributed by atoms with E-state index >= 15 is 0 Å². The molecule has 0 aromatic carbocycles. The Labute approximate surface area is 119 Å². The van der Waals surface area contributed by atoms with Gasteiger partial charge in [-0.2, -0.15) is 24.7 Å². The highest BCUT2D eigenvalue weighted by atomic mass is 35.5. The van der Waals surface area contributed by atoms with Gasteiger partial charge in [0.25, 0.3) is 5.95 Å². The van der Waals surface area contributed by atoms with E-state index < -0.39 is 10.0 Å². The molecule has 0 unspecified atom stereocenters. The Hall–Kier alpha value is -1.85. The maximum Gasteiger partial charge on any atom is 0.258 e. The fraction of sp³-hybridized carbons (Fsp3) is 0.375. The van der Waals surface area contributed by atoms with Gasteiger partial charge in [0.15, 0.2) is 0 Å². The second-order valence-corrected chi connectivity index (χ2v) is 5.90. The van der Waals surface area contributed by atoms with Gasteiger partial charge in [-0.05, 0) is 18.6 Å².